The Morgan fingerprint density at radius 2 is 1.70 bits per heavy atom. The Hall–Kier alpha value is -3.63. The first kappa shape index (κ1) is 22.6. The van der Waals surface area contributed by atoms with Crippen LogP contribution in [0, 0.1) is 13.8 Å². The maximum atomic E-state index is 11.5. The predicted octanol–water partition coefficient (Wildman–Crippen LogP) is 3.29. The second kappa shape index (κ2) is 8.72. The molecule has 4 aromatic rings. The summed E-state index contributed by atoms with van der Waals surface area (Å²) < 4.78 is 35.5. The third-order valence-corrected chi connectivity index (χ3v) is 6.22. The number of sulfonamides is 1. The molecule has 2 aromatic carbocycles. The van der Waals surface area contributed by atoms with Gasteiger partial charge in [0.05, 0.1) is 24.8 Å². The molecule has 9 nitrogen and oxygen atoms in total. The van der Waals surface area contributed by atoms with Crippen molar-refractivity contribution in [3.63, 3.8) is 0 Å². The molecule has 0 atom stereocenters. The van der Waals surface area contributed by atoms with E-state index in [1.807, 2.05) is 38.1 Å². The fraction of sp³-hybridized carbons (Fsp3) is 0.217. The van der Waals surface area contributed by atoms with Crippen LogP contribution in [0.25, 0.3) is 16.8 Å². The first-order chi connectivity index (χ1) is 15.7. The molecule has 0 amide bonds. The van der Waals surface area contributed by atoms with E-state index >= 15 is 0 Å². The number of nitrogens with one attached hydrogen (secondary N) is 1. The smallest absolute Gasteiger partial charge is 0.238 e. The highest BCUT2D eigenvalue weighted by atomic mass is 32.2. The molecule has 4 rings (SSSR count). The minimum Gasteiger partial charge on any atom is -0.493 e. The van der Waals surface area contributed by atoms with Crippen LogP contribution in [0.5, 0.6) is 11.5 Å². The van der Waals surface area contributed by atoms with Gasteiger partial charge in [-0.15, -0.1) is 0 Å². The number of aryl methyl sites for hydroxylation is 2. The van der Waals surface area contributed by atoms with E-state index in [0.717, 1.165) is 33.9 Å². The van der Waals surface area contributed by atoms with Crippen LogP contribution in [0.15, 0.2) is 53.4 Å². The number of methoxy groups -OCH3 is 2. The molecule has 0 spiro atoms. The molecule has 2 heterocycles. The van der Waals surface area contributed by atoms with Gasteiger partial charge in [0, 0.05) is 23.9 Å². The van der Waals surface area contributed by atoms with Gasteiger partial charge in [0.25, 0.3) is 0 Å². The van der Waals surface area contributed by atoms with Gasteiger partial charge < -0.3 is 14.8 Å². The van der Waals surface area contributed by atoms with E-state index in [0.29, 0.717) is 23.7 Å². The first-order valence-electron chi connectivity index (χ1n) is 10.2. The van der Waals surface area contributed by atoms with Crippen molar-refractivity contribution < 1.29 is 17.9 Å². The largest absolute Gasteiger partial charge is 0.493 e. The maximum absolute atomic E-state index is 11.5. The van der Waals surface area contributed by atoms with Gasteiger partial charge in [0.2, 0.25) is 10.0 Å². The number of aromatic nitrogens is 3. The summed E-state index contributed by atoms with van der Waals surface area (Å²) in [5.41, 5.74) is 5.08. The summed E-state index contributed by atoms with van der Waals surface area (Å²) >= 11 is 0. The SMILES string of the molecule is COc1ccc(-c2c(C)nn3c(NCc4ccc(S(N)(=O)=O)cc4)cc(C)nc23)cc1OC. The zero-order valence-electron chi connectivity index (χ0n) is 18.8. The van der Waals surface area contributed by atoms with Crippen LogP contribution in [0.1, 0.15) is 17.0 Å². The van der Waals surface area contributed by atoms with Crippen LogP contribution in [-0.4, -0.2) is 37.2 Å². The van der Waals surface area contributed by atoms with E-state index in [2.05, 4.69) is 5.32 Å². The van der Waals surface area contributed by atoms with E-state index in [9.17, 15) is 8.42 Å². The Kier molecular flexibility index (Phi) is 5.96. The fourth-order valence-electron chi connectivity index (χ4n) is 3.69. The lowest BCUT2D eigenvalue weighted by Gasteiger charge is -2.11. The van der Waals surface area contributed by atoms with Gasteiger partial charge in [-0.1, -0.05) is 18.2 Å². The van der Waals surface area contributed by atoms with E-state index in [-0.39, 0.29) is 4.90 Å². The second-order valence-corrected chi connectivity index (χ2v) is 9.15. The zero-order valence-corrected chi connectivity index (χ0v) is 19.6. The van der Waals surface area contributed by atoms with Crippen molar-refractivity contribution in [2.45, 2.75) is 25.3 Å². The van der Waals surface area contributed by atoms with E-state index in [1.54, 1.807) is 30.9 Å². The standard InChI is InChI=1S/C23H25N5O4S/c1-14-11-21(25-13-16-5-8-18(9-6-16)33(24,29)30)28-23(26-14)22(15(2)27-28)17-7-10-19(31-3)20(12-17)32-4/h5-12,25H,13H2,1-4H3,(H2,24,29,30). The van der Waals surface area contributed by atoms with Crippen LogP contribution in [0.3, 0.4) is 0 Å². The van der Waals surface area contributed by atoms with Gasteiger partial charge in [0.15, 0.2) is 17.1 Å². The second-order valence-electron chi connectivity index (χ2n) is 7.59. The van der Waals surface area contributed by atoms with Crippen molar-refractivity contribution in [3.05, 3.63) is 65.5 Å². The summed E-state index contributed by atoms with van der Waals surface area (Å²) in [4.78, 5) is 4.81. The number of nitrogens with zero attached hydrogens (tertiary/aromatic N) is 3. The normalized spacial score (nSPS) is 11.5. The van der Waals surface area contributed by atoms with Crippen LogP contribution >= 0.6 is 0 Å². The van der Waals surface area contributed by atoms with Crippen LogP contribution < -0.4 is 19.9 Å². The molecule has 0 bridgehead atoms. The van der Waals surface area contributed by atoms with Crippen molar-refractivity contribution in [1.29, 1.82) is 0 Å². The average molecular weight is 468 g/mol. The lowest BCUT2D eigenvalue weighted by Crippen LogP contribution is -2.12. The maximum Gasteiger partial charge on any atom is 0.238 e. The molecule has 3 N–H and O–H groups in total. The van der Waals surface area contributed by atoms with E-state index in [1.165, 1.54) is 12.1 Å². The summed E-state index contributed by atoms with van der Waals surface area (Å²) in [6.07, 6.45) is 0. The lowest BCUT2D eigenvalue weighted by atomic mass is 10.1. The highest BCUT2D eigenvalue weighted by molar-refractivity contribution is 7.89. The van der Waals surface area contributed by atoms with Crippen LogP contribution in [0.2, 0.25) is 0 Å². The molecule has 0 saturated carbocycles. The molecule has 2 aromatic heterocycles. The molecule has 0 unspecified atom stereocenters. The number of hydrogen-bond acceptors (Lipinski definition) is 7. The van der Waals surface area contributed by atoms with E-state index in [4.69, 9.17) is 24.7 Å². The number of nitrogens with two attached hydrogens (primary N) is 1. The Balaban J connectivity index is 1.70. The fourth-order valence-corrected chi connectivity index (χ4v) is 4.21. The molecular weight excluding hydrogens is 442 g/mol. The van der Waals surface area contributed by atoms with Gasteiger partial charge >= 0.3 is 0 Å². The first-order valence-corrected chi connectivity index (χ1v) is 11.7. The quantitative estimate of drug-likeness (QED) is 0.428. The van der Waals surface area contributed by atoms with E-state index < -0.39 is 10.0 Å². The van der Waals surface area contributed by atoms with Crippen molar-refractivity contribution in [3.8, 4) is 22.6 Å². The number of fused-ring (bicyclic) bond motifs is 1. The summed E-state index contributed by atoms with van der Waals surface area (Å²) in [5, 5.41) is 13.3. The van der Waals surface area contributed by atoms with Gasteiger partial charge in [-0.2, -0.15) is 9.61 Å². The van der Waals surface area contributed by atoms with Crippen LogP contribution in [-0.2, 0) is 16.6 Å². The summed E-state index contributed by atoms with van der Waals surface area (Å²) in [6.45, 7) is 4.33. The molecular formula is C23H25N5O4S. The summed E-state index contributed by atoms with van der Waals surface area (Å²) in [5.74, 6) is 2.04. The monoisotopic (exact) mass is 467 g/mol. The Labute approximate surface area is 192 Å². The lowest BCUT2D eigenvalue weighted by molar-refractivity contribution is 0.355. The van der Waals surface area contributed by atoms with Crippen molar-refractivity contribution in [2.75, 3.05) is 19.5 Å². The van der Waals surface area contributed by atoms with Crippen molar-refractivity contribution >= 4 is 21.5 Å². The molecule has 33 heavy (non-hydrogen) atoms. The zero-order chi connectivity index (χ0) is 23.8. The van der Waals surface area contributed by atoms with Crippen molar-refractivity contribution in [1.82, 2.24) is 14.6 Å². The highest BCUT2D eigenvalue weighted by Gasteiger charge is 2.18. The number of anilines is 1. The minimum atomic E-state index is -3.72. The number of ether oxygens (including phenoxy) is 2. The van der Waals surface area contributed by atoms with Gasteiger partial charge in [0.1, 0.15) is 5.82 Å². The molecule has 0 aliphatic carbocycles. The molecule has 0 radical (unpaired) electrons. The minimum absolute atomic E-state index is 0.0793. The molecule has 0 fully saturated rings. The summed E-state index contributed by atoms with van der Waals surface area (Å²) in [7, 11) is -0.516. The Bertz CT molecular complexity index is 1430. The molecule has 172 valence electrons. The number of hydrogen-bond donors (Lipinski definition) is 2. The third kappa shape index (κ3) is 4.48. The van der Waals surface area contributed by atoms with Crippen LogP contribution in [0.4, 0.5) is 5.82 Å². The molecule has 10 heteroatoms. The molecule has 0 saturated heterocycles. The predicted molar refractivity (Wildman–Crippen MR) is 126 cm³/mol. The topological polar surface area (TPSA) is 121 Å². The third-order valence-electron chi connectivity index (χ3n) is 5.29. The number of rotatable bonds is 7. The van der Waals surface area contributed by atoms with Crippen molar-refractivity contribution in [2.24, 2.45) is 5.14 Å². The summed E-state index contributed by atoms with van der Waals surface area (Å²) in [6, 6.07) is 14.1. The Morgan fingerprint density at radius 1 is 1.00 bits per heavy atom. The van der Waals surface area contributed by atoms with Gasteiger partial charge in [-0.05, 0) is 49.2 Å². The highest BCUT2D eigenvalue weighted by Crippen LogP contribution is 2.35. The molecule has 0 aliphatic rings. The molecule has 0 aliphatic heterocycles. The number of primary sulfonamides is 1. The number of benzene rings is 2. The van der Waals surface area contributed by atoms with Gasteiger partial charge in [-0.25, -0.2) is 18.5 Å². The average Bonchev–Trinajstić information content (AvgIpc) is 3.12. The van der Waals surface area contributed by atoms with Gasteiger partial charge in [-0.3, -0.25) is 0 Å². The Morgan fingerprint density at radius 3 is 2.33 bits per heavy atom.